The molecule has 2 heterocycles. The molecule has 0 aliphatic carbocycles. The normalized spacial score (nSPS) is 18.1. The Hall–Kier alpha value is -1.36. The van der Waals surface area contributed by atoms with Gasteiger partial charge >= 0.3 is 0 Å². The molecule has 0 saturated carbocycles. The van der Waals surface area contributed by atoms with Crippen LogP contribution in [0.1, 0.15) is 27.4 Å². The molecule has 1 aromatic rings. The molecule has 2 rings (SSSR count). The smallest absolute Gasteiger partial charge is 0.261 e. The van der Waals surface area contributed by atoms with Crippen LogP contribution in [0.5, 0.6) is 0 Å². The van der Waals surface area contributed by atoms with Gasteiger partial charge in [-0.2, -0.15) is 0 Å². The predicted octanol–water partition coefficient (Wildman–Crippen LogP) is 0.399. The Balaban J connectivity index is 1.94. The van der Waals surface area contributed by atoms with E-state index in [1.807, 2.05) is 0 Å². The van der Waals surface area contributed by atoms with E-state index >= 15 is 0 Å². The van der Waals surface area contributed by atoms with Crippen LogP contribution in [0.15, 0.2) is 12.1 Å². The number of thiophene rings is 1. The first-order chi connectivity index (χ1) is 9.50. The van der Waals surface area contributed by atoms with Crippen LogP contribution < -0.4 is 5.32 Å². The average Bonchev–Trinajstić information content (AvgIpc) is 2.88. The number of carbonyl (C=O) groups excluding carboxylic acids is 1. The highest BCUT2D eigenvalue weighted by atomic mass is 32.2. The largest absolute Gasteiger partial charge is 0.384 e. The molecule has 7 heteroatoms. The van der Waals surface area contributed by atoms with Gasteiger partial charge in [-0.25, -0.2) is 8.42 Å². The fourth-order valence-electron chi connectivity index (χ4n) is 1.94. The topological polar surface area (TPSA) is 83.5 Å². The molecule has 1 aliphatic heterocycles. The minimum absolute atomic E-state index is 0.0832. The highest BCUT2D eigenvalue weighted by Gasteiger charge is 2.25. The second-order valence-corrected chi connectivity index (χ2v) is 7.91. The summed E-state index contributed by atoms with van der Waals surface area (Å²) in [4.78, 5) is 13.3. The molecule has 1 aliphatic rings. The lowest BCUT2D eigenvalue weighted by Gasteiger charge is -2.22. The summed E-state index contributed by atoms with van der Waals surface area (Å²) in [6.07, 6.45) is 0.938. The number of sulfone groups is 1. The molecule has 108 valence electrons. The van der Waals surface area contributed by atoms with Gasteiger partial charge in [0.1, 0.15) is 16.4 Å². The Morgan fingerprint density at radius 2 is 2.10 bits per heavy atom. The zero-order valence-corrected chi connectivity index (χ0v) is 12.4. The van der Waals surface area contributed by atoms with E-state index in [1.54, 1.807) is 12.1 Å². The zero-order chi connectivity index (χ0) is 14.6. The Bertz CT molecular complexity index is 637. The second kappa shape index (κ2) is 6.39. The third-order valence-electron chi connectivity index (χ3n) is 3.01. The van der Waals surface area contributed by atoms with Crippen molar-refractivity contribution in [3.05, 3.63) is 21.9 Å². The number of rotatable bonds is 2. The van der Waals surface area contributed by atoms with Crippen LogP contribution in [0.25, 0.3) is 0 Å². The van der Waals surface area contributed by atoms with Crippen molar-refractivity contribution in [1.82, 2.24) is 5.32 Å². The summed E-state index contributed by atoms with van der Waals surface area (Å²) in [5.74, 6) is 5.34. The summed E-state index contributed by atoms with van der Waals surface area (Å²) in [6, 6.07) is 3.33. The Morgan fingerprint density at radius 1 is 1.40 bits per heavy atom. The van der Waals surface area contributed by atoms with Crippen LogP contribution >= 0.6 is 11.3 Å². The highest BCUT2D eigenvalue weighted by Crippen LogP contribution is 2.17. The Kier molecular flexibility index (Phi) is 4.81. The van der Waals surface area contributed by atoms with E-state index in [0.29, 0.717) is 17.7 Å². The van der Waals surface area contributed by atoms with E-state index in [4.69, 9.17) is 5.11 Å². The van der Waals surface area contributed by atoms with Gasteiger partial charge < -0.3 is 10.4 Å². The fraction of sp³-hybridized carbons (Fsp3) is 0.462. The van der Waals surface area contributed by atoms with E-state index in [0.717, 1.165) is 4.88 Å². The molecule has 0 aromatic carbocycles. The van der Waals surface area contributed by atoms with E-state index < -0.39 is 9.84 Å². The van der Waals surface area contributed by atoms with E-state index in [2.05, 4.69) is 17.2 Å². The minimum Gasteiger partial charge on any atom is -0.384 e. The number of amides is 1. The number of nitrogens with one attached hydrogen (secondary N) is 1. The summed E-state index contributed by atoms with van der Waals surface area (Å²) < 4.78 is 22.6. The molecule has 1 fully saturated rings. The first-order valence-electron chi connectivity index (χ1n) is 6.21. The predicted molar refractivity (Wildman–Crippen MR) is 77.4 cm³/mol. The molecule has 1 saturated heterocycles. The summed E-state index contributed by atoms with van der Waals surface area (Å²) in [6.45, 7) is -0.212. The van der Waals surface area contributed by atoms with Crippen LogP contribution in [0.3, 0.4) is 0 Å². The molecular weight excluding hydrogens is 298 g/mol. The first kappa shape index (κ1) is 15.0. The quantitative estimate of drug-likeness (QED) is 0.774. The maximum absolute atomic E-state index is 12.0. The standard InChI is InChI=1S/C13H15NO4S2/c15-7-1-2-11-3-4-12(19-11)13(16)14-10-5-8-20(17,18)9-6-10/h3-4,10,15H,5-9H2,(H,14,16). The van der Waals surface area contributed by atoms with Gasteiger partial charge in [0, 0.05) is 6.04 Å². The lowest BCUT2D eigenvalue weighted by molar-refractivity contribution is 0.0938. The molecule has 0 unspecified atom stereocenters. The summed E-state index contributed by atoms with van der Waals surface area (Å²) >= 11 is 1.25. The molecule has 2 N–H and O–H groups in total. The van der Waals surface area contributed by atoms with Gasteiger partial charge in [-0.1, -0.05) is 11.8 Å². The van der Waals surface area contributed by atoms with Crippen molar-refractivity contribution >= 4 is 27.1 Å². The summed E-state index contributed by atoms with van der Waals surface area (Å²) in [7, 11) is -2.91. The molecule has 0 atom stereocenters. The van der Waals surface area contributed by atoms with Crippen LogP contribution in [0, 0.1) is 11.8 Å². The van der Waals surface area contributed by atoms with Crippen molar-refractivity contribution < 1.29 is 18.3 Å². The van der Waals surface area contributed by atoms with Crippen molar-refractivity contribution in [3.8, 4) is 11.8 Å². The highest BCUT2D eigenvalue weighted by molar-refractivity contribution is 7.91. The molecule has 1 amide bonds. The van der Waals surface area contributed by atoms with E-state index in [9.17, 15) is 13.2 Å². The maximum Gasteiger partial charge on any atom is 0.261 e. The Labute approximate surface area is 121 Å². The molecule has 5 nitrogen and oxygen atoms in total. The van der Waals surface area contributed by atoms with Crippen molar-refractivity contribution in [2.45, 2.75) is 18.9 Å². The number of carbonyl (C=O) groups is 1. The van der Waals surface area contributed by atoms with Crippen LogP contribution in [-0.4, -0.2) is 43.6 Å². The molecule has 0 radical (unpaired) electrons. The molecule has 0 bridgehead atoms. The van der Waals surface area contributed by atoms with Gasteiger partial charge in [-0.15, -0.1) is 11.3 Å². The maximum atomic E-state index is 12.0. The van der Waals surface area contributed by atoms with Crippen LogP contribution in [0.4, 0.5) is 0 Å². The number of hydrogen-bond acceptors (Lipinski definition) is 5. The summed E-state index contributed by atoms with van der Waals surface area (Å²) in [5, 5.41) is 11.5. The zero-order valence-electron chi connectivity index (χ0n) is 10.8. The van der Waals surface area contributed by atoms with Gasteiger partial charge in [0.15, 0.2) is 0 Å². The fourth-order valence-corrected chi connectivity index (χ4v) is 4.22. The van der Waals surface area contributed by atoms with E-state index in [-0.39, 0.29) is 30.1 Å². The first-order valence-corrected chi connectivity index (χ1v) is 8.85. The lowest BCUT2D eigenvalue weighted by Crippen LogP contribution is -2.40. The van der Waals surface area contributed by atoms with Crippen LogP contribution in [-0.2, 0) is 9.84 Å². The van der Waals surface area contributed by atoms with Crippen molar-refractivity contribution in [3.63, 3.8) is 0 Å². The van der Waals surface area contributed by atoms with Gasteiger partial charge in [-0.3, -0.25) is 4.79 Å². The minimum atomic E-state index is -2.91. The molecule has 0 spiro atoms. The average molecular weight is 313 g/mol. The van der Waals surface area contributed by atoms with Crippen molar-refractivity contribution in [2.24, 2.45) is 0 Å². The molecule has 1 aromatic heterocycles. The van der Waals surface area contributed by atoms with Gasteiger partial charge in [0.2, 0.25) is 0 Å². The SMILES string of the molecule is O=C(NC1CCS(=O)(=O)CC1)c1ccc(C#CCO)s1. The third-order valence-corrected chi connectivity index (χ3v) is 5.73. The van der Waals surface area contributed by atoms with Gasteiger partial charge in [0.05, 0.1) is 21.3 Å². The van der Waals surface area contributed by atoms with Crippen molar-refractivity contribution in [2.75, 3.05) is 18.1 Å². The monoisotopic (exact) mass is 313 g/mol. The van der Waals surface area contributed by atoms with E-state index in [1.165, 1.54) is 11.3 Å². The van der Waals surface area contributed by atoms with Gasteiger partial charge in [-0.05, 0) is 25.0 Å². The number of aliphatic hydroxyl groups is 1. The van der Waals surface area contributed by atoms with Crippen molar-refractivity contribution in [1.29, 1.82) is 0 Å². The lowest BCUT2D eigenvalue weighted by atomic mass is 10.1. The Morgan fingerprint density at radius 3 is 2.75 bits per heavy atom. The third kappa shape index (κ3) is 4.07. The molecular formula is C13H15NO4S2. The van der Waals surface area contributed by atoms with Crippen LogP contribution in [0.2, 0.25) is 0 Å². The molecule has 20 heavy (non-hydrogen) atoms. The number of aliphatic hydroxyl groups excluding tert-OH is 1. The second-order valence-electron chi connectivity index (χ2n) is 4.52. The number of hydrogen-bond donors (Lipinski definition) is 2. The van der Waals surface area contributed by atoms with Gasteiger partial charge in [0.25, 0.3) is 5.91 Å². The summed E-state index contributed by atoms with van der Waals surface area (Å²) in [5.41, 5.74) is 0.